The zero-order valence-electron chi connectivity index (χ0n) is 19.1. The molecule has 0 radical (unpaired) electrons. The molecule has 1 amide bonds. The van der Waals surface area contributed by atoms with Gasteiger partial charge < -0.3 is 13.9 Å². The van der Waals surface area contributed by atoms with Gasteiger partial charge in [-0.05, 0) is 33.7 Å². The second-order valence-electron chi connectivity index (χ2n) is 8.92. The third kappa shape index (κ3) is 4.55. The van der Waals surface area contributed by atoms with E-state index >= 15 is 4.39 Å². The summed E-state index contributed by atoms with van der Waals surface area (Å²) >= 11 is 0. The highest BCUT2D eigenvalue weighted by atomic mass is 19.1. The number of likely N-dealkylation sites (tertiary alicyclic amines) is 1. The third-order valence-electron chi connectivity index (χ3n) is 5.43. The monoisotopic (exact) mass is 444 g/mol. The number of pyridine rings is 1. The summed E-state index contributed by atoms with van der Waals surface area (Å²) in [4.78, 5) is 18.6. The molecule has 10 heteroatoms. The molecule has 3 aromatic heterocycles. The predicted octanol–water partition coefficient (Wildman–Crippen LogP) is 3.69. The minimum atomic E-state index is -0.633. The highest BCUT2D eigenvalue weighted by Crippen LogP contribution is 2.33. The molecule has 0 aliphatic carbocycles. The molecule has 1 aliphatic rings. The molecule has 32 heavy (non-hydrogen) atoms. The van der Waals surface area contributed by atoms with Gasteiger partial charge in [0.05, 0.1) is 18.0 Å². The van der Waals surface area contributed by atoms with E-state index in [1.807, 2.05) is 0 Å². The van der Waals surface area contributed by atoms with E-state index in [2.05, 4.69) is 27.2 Å². The molecule has 0 aromatic carbocycles. The largest absolute Gasteiger partial charge is 0.488 e. The van der Waals surface area contributed by atoms with Crippen molar-refractivity contribution in [2.24, 2.45) is 7.05 Å². The van der Waals surface area contributed by atoms with Gasteiger partial charge >= 0.3 is 6.09 Å². The number of rotatable bonds is 6. The number of imidazole rings is 1. The molecule has 9 nitrogen and oxygen atoms in total. The van der Waals surface area contributed by atoms with Crippen molar-refractivity contribution in [2.45, 2.75) is 45.8 Å². The first-order valence-electron chi connectivity index (χ1n) is 10.7. The fourth-order valence-corrected chi connectivity index (χ4v) is 3.77. The molecule has 1 saturated heterocycles. The Balaban J connectivity index is 1.57. The Morgan fingerprint density at radius 3 is 2.78 bits per heavy atom. The second-order valence-corrected chi connectivity index (χ2v) is 8.92. The standard InChI is InChI=1S/C22H29FN6O3/c1-6-28-8-7-14(28)13-31-17-10-24-27(5)20(17)15-11-29-12-18(25-19(29)9-16(15)23)26-21(30)32-22(2,3)4/h9-12,14H,6-8,13H2,1-5H3,(H,26,30)/t14-/m1/s1. The number of likely N-dealkylation sites (N-methyl/N-ethyl adjacent to an activating group) is 1. The number of aromatic nitrogens is 4. The van der Waals surface area contributed by atoms with E-state index in [0.29, 0.717) is 35.3 Å². The zero-order valence-corrected chi connectivity index (χ0v) is 19.1. The van der Waals surface area contributed by atoms with Crippen molar-refractivity contribution in [3.05, 3.63) is 30.5 Å². The van der Waals surface area contributed by atoms with Crippen LogP contribution in [0.4, 0.5) is 15.0 Å². The molecule has 172 valence electrons. The van der Waals surface area contributed by atoms with Crippen molar-refractivity contribution in [2.75, 3.05) is 25.0 Å². The van der Waals surface area contributed by atoms with Gasteiger partial charge in [0.2, 0.25) is 0 Å². The summed E-state index contributed by atoms with van der Waals surface area (Å²) in [6, 6.07) is 1.69. The average molecular weight is 445 g/mol. The Labute approximate surface area is 186 Å². The van der Waals surface area contributed by atoms with Crippen LogP contribution in [0.3, 0.4) is 0 Å². The minimum absolute atomic E-state index is 0.266. The van der Waals surface area contributed by atoms with Crippen molar-refractivity contribution in [1.29, 1.82) is 0 Å². The number of hydrogen-bond donors (Lipinski definition) is 1. The average Bonchev–Trinajstić information content (AvgIpc) is 3.21. The van der Waals surface area contributed by atoms with Crippen LogP contribution in [-0.2, 0) is 11.8 Å². The SMILES string of the molecule is CCN1CC[C@@H]1COc1cnn(C)c1-c1cn2cc(NC(=O)OC(C)(C)C)nc2cc1F. The number of nitrogens with zero attached hydrogens (tertiary/aromatic N) is 5. The number of amides is 1. The lowest BCUT2D eigenvalue weighted by molar-refractivity contribution is 0.0562. The molecule has 0 unspecified atom stereocenters. The molecule has 1 fully saturated rings. The minimum Gasteiger partial charge on any atom is -0.488 e. The van der Waals surface area contributed by atoms with E-state index in [1.54, 1.807) is 55.5 Å². The van der Waals surface area contributed by atoms with Crippen LogP contribution in [0.2, 0.25) is 0 Å². The normalized spacial score (nSPS) is 16.8. The summed E-state index contributed by atoms with van der Waals surface area (Å²) in [6.45, 7) is 10.0. The Bertz CT molecular complexity index is 1130. The first-order valence-corrected chi connectivity index (χ1v) is 10.7. The van der Waals surface area contributed by atoms with Crippen LogP contribution >= 0.6 is 0 Å². The summed E-state index contributed by atoms with van der Waals surface area (Å²) < 4.78 is 29.6. The quantitative estimate of drug-likeness (QED) is 0.624. The summed E-state index contributed by atoms with van der Waals surface area (Å²) in [5.74, 6) is 0.335. The van der Waals surface area contributed by atoms with Crippen molar-refractivity contribution in [3.8, 4) is 17.0 Å². The van der Waals surface area contributed by atoms with Gasteiger partial charge in [-0.2, -0.15) is 5.10 Å². The highest BCUT2D eigenvalue weighted by Gasteiger charge is 2.28. The lowest BCUT2D eigenvalue weighted by Crippen LogP contribution is -2.50. The fraction of sp³-hybridized carbons (Fsp3) is 0.500. The topological polar surface area (TPSA) is 85.9 Å². The number of nitrogens with one attached hydrogen (secondary N) is 1. The van der Waals surface area contributed by atoms with Crippen LogP contribution in [0, 0.1) is 5.82 Å². The maximum atomic E-state index is 15.1. The summed E-state index contributed by atoms with van der Waals surface area (Å²) in [5, 5.41) is 6.84. The van der Waals surface area contributed by atoms with Gasteiger partial charge in [0.25, 0.3) is 0 Å². The number of aryl methyl sites for hydroxylation is 1. The van der Waals surface area contributed by atoms with E-state index in [1.165, 1.54) is 6.07 Å². The van der Waals surface area contributed by atoms with Crippen LogP contribution < -0.4 is 10.1 Å². The maximum Gasteiger partial charge on any atom is 0.413 e. The van der Waals surface area contributed by atoms with Gasteiger partial charge in [0.1, 0.15) is 29.4 Å². The lowest BCUT2D eigenvalue weighted by atomic mass is 10.0. The van der Waals surface area contributed by atoms with Gasteiger partial charge in [-0.3, -0.25) is 14.9 Å². The predicted molar refractivity (Wildman–Crippen MR) is 118 cm³/mol. The second kappa shape index (κ2) is 8.42. The highest BCUT2D eigenvalue weighted by molar-refractivity contribution is 5.84. The number of carbonyl (C=O) groups is 1. The first-order chi connectivity index (χ1) is 15.1. The maximum absolute atomic E-state index is 15.1. The Kier molecular flexibility index (Phi) is 5.81. The van der Waals surface area contributed by atoms with Gasteiger partial charge in [-0.15, -0.1) is 0 Å². The smallest absolute Gasteiger partial charge is 0.413 e. The summed E-state index contributed by atoms with van der Waals surface area (Å²) in [7, 11) is 1.75. The summed E-state index contributed by atoms with van der Waals surface area (Å²) in [6.07, 6.45) is 5.29. The molecule has 0 spiro atoms. The van der Waals surface area contributed by atoms with Gasteiger partial charge in [-0.25, -0.2) is 14.2 Å². The first kappa shape index (κ1) is 22.1. The molecule has 1 N–H and O–H groups in total. The molecular formula is C22H29FN6O3. The Morgan fingerprint density at radius 2 is 2.12 bits per heavy atom. The van der Waals surface area contributed by atoms with Crippen LogP contribution in [0.25, 0.3) is 16.9 Å². The number of fused-ring (bicyclic) bond motifs is 1. The molecular weight excluding hydrogens is 415 g/mol. The third-order valence-corrected chi connectivity index (χ3v) is 5.43. The number of carbonyl (C=O) groups excluding carboxylic acids is 1. The lowest BCUT2D eigenvalue weighted by Gasteiger charge is -2.39. The number of hydrogen-bond acceptors (Lipinski definition) is 6. The molecule has 3 aromatic rings. The molecule has 0 bridgehead atoms. The van der Waals surface area contributed by atoms with Crippen molar-refractivity contribution >= 4 is 17.6 Å². The van der Waals surface area contributed by atoms with Crippen LogP contribution in [-0.4, -0.2) is 61.5 Å². The van der Waals surface area contributed by atoms with Gasteiger partial charge in [0.15, 0.2) is 11.6 Å². The van der Waals surface area contributed by atoms with Crippen molar-refractivity contribution in [1.82, 2.24) is 24.1 Å². The molecule has 4 heterocycles. The van der Waals surface area contributed by atoms with E-state index in [0.717, 1.165) is 19.5 Å². The number of halogens is 1. The van der Waals surface area contributed by atoms with E-state index in [4.69, 9.17) is 9.47 Å². The van der Waals surface area contributed by atoms with Crippen LogP contribution in [0.5, 0.6) is 5.75 Å². The Morgan fingerprint density at radius 1 is 1.34 bits per heavy atom. The van der Waals surface area contributed by atoms with Crippen LogP contribution in [0.15, 0.2) is 24.7 Å². The van der Waals surface area contributed by atoms with Crippen LogP contribution in [0.1, 0.15) is 34.1 Å². The Hall–Kier alpha value is -3.14. The fourth-order valence-electron chi connectivity index (χ4n) is 3.77. The summed E-state index contributed by atoms with van der Waals surface area (Å²) in [5.41, 5.74) is 0.596. The number of ether oxygens (including phenoxy) is 2. The molecule has 4 rings (SSSR count). The zero-order chi connectivity index (χ0) is 23.0. The van der Waals surface area contributed by atoms with Crippen molar-refractivity contribution in [3.63, 3.8) is 0 Å². The molecule has 1 atom stereocenters. The van der Waals surface area contributed by atoms with Crippen molar-refractivity contribution < 1.29 is 18.7 Å². The van der Waals surface area contributed by atoms with E-state index in [-0.39, 0.29) is 5.82 Å². The molecule has 1 aliphatic heterocycles. The number of anilines is 1. The van der Waals surface area contributed by atoms with E-state index in [9.17, 15) is 4.79 Å². The van der Waals surface area contributed by atoms with Gasteiger partial charge in [-0.1, -0.05) is 6.92 Å². The molecule has 0 saturated carbocycles. The van der Waals surface area contributed by atoms with Gasteiger partial charge in [0, 0.05) is 31.9 Å². The van der Waals surface area contributed by atoms with E-state index < -0.39 is 17.5 Å².